The number of carbonyl (C=O) groups is 1. The molecule has 1 atom stereocenters. The first-order valence-corrected chi connectivity index (χ1v) is 9.26. The van der Waals surface area contributed by atoms with Crippen LogP contribution < -0.4 is 5.32 Å². The van der Waals surface area contributed by atoms with Crippen molar-refractivity contribution in [3.63, 3.8) is 0 Å². The Balaban J connectivity index is 1.45. The topological polar surface area (TPSA) is 32.3 Å². The molecule has 4 bridgehead atoms. The highest BCUT2D eigenvalue weighted by atomic mass is 16.2. The lowest BCUT2D eigenvalue weighted by atomic mass is 9.51. The predicted molar refractivity (Wildman–Crippen MR) is 83.8 cm³/mol. The molecule has 21 heavy (non-hydrogen) atoms. The van der Waals surface area contributed by atoms with Gasteiger partial charge in [0.05, 0.1) is 0 Å². The van der Waals surface area contributed by atoms with E-state index in [2.05, 4.69) is 17.1 Å². The molecule has 3 nitrogen and oxygen atoms in total. The summed E-state index contributed by atoms with van der Waals surface area (Å²) in [5.41, 5.74) is 0. The Hall–Kier alpha value is -0.570. The van der Waals surface area contributed by atoms with Gasteiger partial charge in [0.1, 0.15) is 0 Å². The highest BCUT2D eigenvalue weighted by Crippen LogP contribution is 2.56. The summed E-state index contributed by atoms with van der Waals surface area (Å²) in [4.78, 5) is 15.3. The van der Waals surface area contributed by atoms with Gasteiger partial charge in [-0.1, -0.05) is 6.92 Å². The van der Waals surface area contributed by atoms with Crippen LogP contribution in [0.5, 0.6) is 0 Å². The van der Waals surface area contributed by atoms with Crippen molar-refractivity contribution in [3.05, 3.63) is 0 Å². The Bertz CT molecular complexity index is 378. The number of nitrogens with one attached hydrogen (secondary N) is 1. The third-order valence-corrected chi connectivity index (χ3v) is 6.74. The molecule has 5 aliphatic rings. The Morgan fingerprint density at radius 3 is 2.38 bits per heavy atom. The maximum atomic E-state index is 13.1. The van der Waals surface area contributed by atoms with Gasteiger partial charge in [-0.15, -0.1) is 0 Å². The van der Waals surface area contributed by atoms with E-state index in [4.69, 9.17) is 0 Å². The largest absolute Gasteiger partial charge is 0.341 e. The van der Waals surface area contributed by atoms with Crippen molar-refractivity contribution in [3.8, 4) is 0 Å². The van der Waals surface area contributed by atoms with E-state index in [1.54, 1.807) is 0 Å². The summed E-state index contributed by atoms with van der Waals surface area (Å²) in [7, 11) is 0. The van der Waals surface area contributed by atoms with Crippen molar-refractivity contribution in [1.82, 2.24) is 10.2 Å². The minimum Gasteiger partial charge on any atom is -0.341 e. The zero-order valence-corrected chi connectivity index (χ0v) is 13.4. The molecule has 0 aromatic rings. The van der Waals surface area contributed by atoms with Crippen LogP contribution >= 0.6 is 0 Å². The van der Waals surface area contributed by atoms with E-state index < -0.39 is 0 Å². The Morgan fingerprint density at radius 2 is 1.76 bits per heavy atom. The van der Waals surface area contributed by atoms with Gasteiger partial charge < -0.3 is 10.2 Å². The molecule has 4 aliphatic carbocycles. The van der Waals surface area contributed by atoms with Crippen LogP contribution in [0, 0.1) is 29.6 Å². The third-order valence-electron chi connectivity index (χ3n) is 6.74. The van der Waals surface area contributed by atoms with Gasteiger partial charge in [0.2, 0.25) is 5.91 Å². The number of rotatable bonds is 3. The molecule has 0 spiro atoms. The summed E-state index contributed by atoms with van der Waals surface area (Å²) in [6, 6.07) is 0.532. The minimum atomic E-state index is 0.387. The van der Waals surface area contributed by atoms with E-state index in [9.17, 15) is 4.79 Å². The van der Waals surface area contributed by atoms with Gasteiger partial charge in [0.15, 0.2) is 0 Å². The first kappa shape index (κ1) is 14.0. The summed E-state index contributed by atoms with van der Waals surface area (Å²) < 4.78 is 0. The maximum Gasteiger partial charge on any atom is 0.226 e. The minimum absolute atomic E-state index is 0.387. The SMILES string of the molecule is CCNC1CCCN(C(=O)C2C3CC4CC(C3)CC2C4)C1. The lowest BCUT2D eigenvalue weighted by Gasteiger charge is -2.54. The monoisotopic (exact) mass is 290 g/mol. The second kappa shape index (κ2) is 5.57. The van der Waals surface area contributed by atoms with E-state index >= 15 is 0 Å². The van der Waals surface area contributed by atoms with Crippen LogP contribution in [0.25, 0.3) is 0 Å². The zero-order chi connectivity index (χ0) is 14.4. The number of piperidine rings is 1. The molecule has 1 aliphatic heterocycles. The molecule has 1 heterocycles. The van der Waals surface area contributed by atoms with Gasteiger partial charge in [-0.05, 0) is 75.2 Å². The molecule has 118 valence electrons. The molecule has 4 saturated carbocycles. The molecule has 1 N–H and O–H groups in total. The molecular weight excluding hydrogens is 260 g/mol. The molecule has 1 amide bonds. The molecule has 0 aromatic heterocycles. The fourth-order valence-electron chi connectivity index (χ4n) is 6.17. The number of nitrogens with zero attached hydrogens (tertiary/aromatic N) is 1. The maximum absolute atomic E-state index is 13.1. The highest BCUT2D eigenvalue weighted by Gasteiger charge is 2.51. The Kier molecular flexibility index (Phi) is 3.72. The second-order valence-electron chi connectivity index (χ2n) is 8.14. The lowest BCUT2D eigenvalue weighted by molar-refractivity contribution is -0.150. The van der Waals surface area contributed by atoms with Crippen molar-refractivity contribution in [1.29, 1.82) is 0 Å². The number of amides is 1. The van der Waals surface area contributed by atoms with Crippen molar-refractivity contribution in [2.24, 2.45) is 29.6 Å². The van der Waals surface area contributed by atoms with E-state index in [1.807, 2.05) is 0 Å². The van der Waals surface area contributed by atoms with E-state index in [1.165, 1.54) is 44.9 Å². The molecule has 1 saturated heterocycles. The number of hydrogen-bond donors (Lipinski definition) is 1. The molecule has 5 fully saturated rings. The van der Waals surface area contributed by atoms with Crippen molar-refractivity contribution in [2.45, 2.75) is 57.9 Å². The Labute approximate surface area is 128 Å². The second-order valence-corrected chi connectivity index (χ2v) is 8.14. The number of carbonyl (C=O) groups excluding carboxylic acids is 1. The summed E-state index contributed by atoms with van der Waals surface area (Å²) in [5.74, 6) is 4.30. The summed E-state index contributed by atoms with van der Waals surface area (Å²) in [5, 5.41) is 3.54. The summed E-state index contributed by atoms with van der Waals surface area (Å²) in [6.07, 6.45) is 9.31. The van der Waals surface area contributed by atoms with E-state index in [-0.39, 0.29) is 0 Å². The normalized spacial score (nSPS) is 45.1. The van der Waals surface area contributed by atoms with Crippen molar-refractivity contribution >= 4 is 5.91 Å². The molecule has 5 rings (SSSR count). The molecule has 0 aromatic carbocycles. The molecule has 0 radical (unpaired) electrons. The fourth-order valence-corrected chi connectivity index (χ4v) is 6.17. The molecular formula is C18H30N2O. The lowest BCUT2D eigenvalue weighted by Crippen LogP contribution is -2.55. The van der Waals surface area contributed by atoms with Crippen LogP contribution in [-0.2, 0) is 4.79 Å². The smallest absolute Gasteiger partial charge is 0.226 e. The van der Waals surface area contributed by atoms with Gasteiger partial charge >= 0.3 is 0 Å². The number of hydrogen-bond acceptors (Lipinski definition) is 2. The third kappa shape index (κ3) is 2.52. The van der Waals surface area contributed by atoms with Crippen LogP contribution in [0.2, 0.25) is 0 Å². The van der Waals surface area contributed by atoms with Crippen LogP contribution in [0.15, 0.2) is 0 Å². The van der Waals surface area contributed by atoms with Crippen LogP contribution in [0.3, 0.4) is 0 Å². The fraction of sp³-hybridized carbons (Fsp3) is 0.944. The summed E-state index contributed by atoms with van der Waals surface area (Å²) in [6.45, 7) is 5.14. The highest BCUT2D eigenvalue weighted by molar-refractivity contribution is 5.80. The van der Waals surface area contributed by atoms with E-state index in [0.717, 1.165) is 43.3 Å². The van der Waals surface area contributed by atoms with Gasteiger partial charge in [-0.3, -0.25) is 4.79 Å². The van der Waals surface area contributed by atoms with Gasteiger partial charge in [-0.2, -0.15) is 0 Å². The first-order valence-electron chi connectivity index (χ1n) is 9.26. The quantitative estimate of drug-likeness (QED) is 0.866. The van der Waals surface area contributed by atoms with Crippen molar-refractivity contribution in [2.75, 3.05) is 19.6 Å². The Morgan fingerprint density at radius 1 is 1.10 bits per heavy atom. The average Bonchev–Trinajstić information content (AvgIpc) is 2.46. The molecule has 3 heteroatoms. The number of likely N-dealkylation sites (tertiary alicyclic amines) is 1. The molecule has 1 unspecified atom stereocenters. The zero-order valence-electron chi connectivity index (χ0n) is 13.4. The van der Waals surface area contributed by atoms with E-state index in [0.29, 0.717) is 17.9 Å². The van der Waals surface area contributed by atoms with Crippen LogP contribution in [0.1, 0.15) is 51.9 Å². The first-order chi connectivity index (χ1) is 10.2. The van der Waals surface area contributed by atoms with Gasteiger partial charge in [0.25, 0.3) is 0 Å². The van der Waals surface area contributed by atoms with Gasteiger partial charge in [0, 0.05) is 25.0 Å². The van der Waals surface area contributed by atoms with Crippen LogP contribution in [0.4, 0.5) is 0 Å². The van der Waals surface area contributed by atoms with Crippen molar-refractivity contribution < 1.29 is 4.79 Å². The average molecular weight is 290 g/mol. The standard InChI is InChI=1S/C18H30N2O/c1-2-19-16-4-3-5-20(11-16)18(21)17-14-7-12-6-13(9-14)10-15(17)8-12/h12-17,19H,2-11H2,1H3. The van der Waals surface area contributed by atoms with Crippen LogP contribution in [-0.4, -0.2) is 36.5 Å². The predicted octanol–water partition coefficient (Wildman–Crippen LogP) is 2.66. The summed E-state index contributed by atoms with van der Waals surface area (Å²) >= 11 is 0. The number of likely N-dealkylation sites (N-methyl/N-ethyl adjacent to an activating group) is 1. The van der Waals surface area contributed by atoms with Gasteiger partial charge in [-0.25, -0.2) is 0 Å².